The maximum atomic E-state index is 5.93. The van der Waals surface area contributed by atoms with Crippen molar-refractivity contribution >= 4 is 11.6 Å². The van der Waals surface area contributed by atoms with Gasteiger partial charge in [0, 0.05) is 18.1 Å². The average Bonchev–Trinajstić information content (AvgIpc) is 2.83. The van der Waals surface area contributed by atoms with E-state index in [0.717, 1.165) is 17.3 Å². The molecule has 2 unspecified atom stereocenters. The van der Waals surface area contributed by atoms with Crippen LogP contribution in [0.2, 0.25) is 5.02 Å². The standard InChI is InChI=1S/C14H19ClN4/c1-4-13(11-5-7-12(15)8-6-11)17-10(2)14-18-16-9-19(14)3/h5-10,13,17H,4H2,1-3H3. The molecule has 102 valence electrons. The molecule has 2 rings (SSSR count). The van der Waals surface area contributed by atoms with E-state index in [4.69, 9.17) is 11.6 Å². The molecule has 2 atom stereocenters. The van der Waals surface area contributed by atoms with Crippen molar-refractivity contribution in [3.8, 4) is 0 Å². The Labute approximate surface area is 118 Å². The molecular formula is C14H19ClN4. The van der Waals surface area contributed by atoms with Gasteiger partial charge in [-0.25, -0.2) is 0 Å². The Hall–Kier alpha value is -1.39. The van der Waals surface area contributed by atoms with E-state index in [1.807, 2.05) is 23.7 Å². The van der Waals surface area contributed by atoms with E-state index in [2.05, 4.69) is 41.5 Å². The maximum absolute atomic E-state index is 5.93. The minimum Gasteiger partial charge on any atom is -0.319 e. The summed E-state index contributed by atoms with van der Waals surface area (Å²) in [7, 11) is 1.96. The Morgan fingerprint density at radius 3 is 2.53 bits per heavy atom. The van der Waals surface area contributed by atoms with Crippen LogP contribution >= 0.6 is 11.6 Å². The van der Waals surface area contributed by atoms with Crippen LogP contribution in [-0.2, 0) is 7.05 Å². The van der Waals surface area contributed by atoms with Gasteiger partial charge in [-0.3, -0.25) is 0 Å². The molecule has 0 saturated heterocycles. The van der Waals surface area contributed by atoms with E-state index < -0.39 is 0 Å². The topological polar surface area (TPSA) is 42.7 Å². The Morgan fingerprint density at radius 2 is 2.00 bits per heavy atom. The van der Waals surface area contributed by atoms with Crippen LogP contribution in [0.4, 0.5) is 0 Å². The first-order valence-electron chi connectivity index (χ1n) is 6.47. The quantitative estimate of drug-likeness (QED) is 0.913. The number of aryl methyl sites for hydroxylation is 1. The van der Waals surface area contributed by atoms with Gasteiger partial charge < -0.3 is 9.88 Å². The van der Waals surface area contributed by atoms with Crippen molar-refractivity contribution < 1.29 is 0 Å². The molecule has 0 saturated carbocycles. The summed E-state index contributed by atoms with van der Waals surface area (Å²) >= 11 is 5.93. The van der Waals surface area contributed by atoms with Crippen molar-refractivity contribution in [2.24, 2.45) is 7.05 Å². The fourth-order valence-corrected chi connectivity index (χ4v) is 2.33. The van der Waals surface area contributed by atoms with Crippen molar-refractivity contribution in [3.05, 3.63) is 47.0 Å². The highest BCUT2D eigenvalue weighted by molar-refractivity contribution is 6.30. The lowest BCUT2D eigenvalue weighted by Gasteiger charge is -2.22. The fraction of sp³-hybridized carbons (Fsp3) is 0.429. The lowest BCUT2D eigenvalue weighted by molar-refractivity contribution is 0.434. The third-order valence-corrected chi connectivity index (χ3v) is 3.52. The molecule has 0 aliphatic carbocycles. The molecule has 4 nitrogen and oxygen atoms in total. The number of rotatable bonds is 5. The minimum absolute atomic E-state index is 0.146. The lowest BCUT2D eigenvalue weighted by atomic mass is 10.0. The van der Waals surface area contributed by atoms with Crippen LogP contribution in [0, 0.1) is 0 Å². The molecule has 0 bridgehead atoms. The lowest BCUT2D eigenvalue weighted by Crippen LogP contribution is -2.26. The molecule has 0 radical (unpaired) electrons. The average molecular weight is 279 g/mol. The smallest absolute Gasteiger partial charge is 0.149 e. The number of halogens is 1. The third kappa shape index (κ3) is 3.33. The van der Waals surface area contributed by atoms with Crippen LogP contribution in [0.1, 0.15) is 43.7 Å². The highest BCUT2D eigenvalue weighted by Gasteiger charge is 2.16. The van der Waals surface area contributed by atoms with E-state index in [0.29, 0.717) is 0 Å². The molecule has 0 amide bonds. The highest BCUT2D eigenvalue weighted by Crippen LogP contribution is 2.22. The number of benzene rings is 1. The second-order valence-corrected chi connectivity index (χ2v) is 5.14. The predicted molar refractivity (Wildman–Crippen MR) is 77.0 cm³/mol. The summed E-state index contributed by atoms with van der Waals surface area (Å²) in [5.74, 6) is 0.937. The van der Waals surface area contributed by atoms with Gasteiger partial charge >= 0.3 is 0 Å². The molecule has 19 heavy (non-hydrogen) atoms. The summed E-state index contributed by atoms with van der Waals surface area (Å²) in [6, 6.07) is 8.40. The van der Waals surface area contributed by atoms with Gasteiger partial charge in [-0.2, -0.15) is 0 Å². The van der Waals surface area contributed by atoms with Gasteiger partial charge in [0.1, 0.15) is 12.2 Å². The zero-order chi connectivity index (χ0) is 13.8. The van der Waals surface area contributed by atoms with Gasteiger partial charge in [0.15, 0.2) is 0 Å². The zero-order valence-corrected chi connectivity index (χ0v) is 12.2. The highest BCUT2D eigenvalue weighted by atomic mass is 35.5. The number of hydrogen-bond donors (Lipinski definition) is 1. The van der Waals surface area contributed by atoms with E-state index in [1.165, 1.54) is 5.56 Å². The number of hydrogen-bond acceptors (Lipinski definition) is 3. The van der Waals surface area contributed by atoms with Crippen molar-refractivity contribution in [1.82, 2.24) is 20.1 Å². The van der Waals surface area contributed by atoms with Crippen LogP contribution in [-0.4, -0.2) is 14.8 Å². The van der Waals surface area contributed by atoms with Crippen molar-refractivity contribution in [2.45, 2.75) is 32.4 Å². The van der Waals surface area contributed by atoms with E-state index in [9.17, 15) is 0 Å². The van der Waals surface area contributed by atoms with Crippen molar-refractivity contribution in [1.29, 1.82) is 0 Å². The third-order valence-electron chi connectivity index (χ3n) is 3.27. The number of nitrogens with one attached hydrogen (secondary N) is 1. The molecular weight excluding hydrogens is 260 g/mol. The fourth-order valence-electron chi connectivity index (χ4n) is 2.21. The van der Waals surface area contributed by atoms with E-state index >= 15 is 0 Å². The minimum atomic E-state index is 0.146. The van der Waals surface area contributed by atoms with E-state index in [-0.39, 0.29) is 12.1 Å². The van der Waals surface area contributed by atoms with Crippen LogP contribution < -0.4 is 5.32 Å². The van der Waals surface area contributed by atoms with Gasteiger partial charge in [-0.15, -0.1) is 10.2 Å². The van der Waals surface area contributed by atoms with Crippen molar-refractivity contribution in [2.75, 3.05) is 0 Å². The Kier molecular flexibility index (Phi) is 4.56. The van der Waals surface area contributed by atoms with Gasteiger partial charge in [0.25, 0.3) is 0 Å². The number of aromatic nitrogens is 3. The summed E-state index contributed by atoms with van der Waals surface area (Å²) in [6.07, 6.45) is 2.72. The normalized spacial score (nSPS) is 14.3. The monoisotopic (exact) mass is 278 g/mol. The summed E-state index contributed by atoms with van der Waals surface area (Å²) in [4.78, 5) is 0. The molecule has 0 spiro atoms. The summed E-state index contributed by atoms with van der Waals surface area (Å²) in [6.45, 7) is 4.26. The zero-order valence-electron chi connectivity index (χ0n) is 11.5. The molecule has 1 heterocycles. The van der Waals surface area contributed by atoms with Crippen LogP contribution in [0.15, 0.2) is 30.6 Å². The molecule has 0 aliphatic rings. The summed E-state index contributed by atoms with van der Waals surface area (Å²) in [5.41, 5.74) is 1.24. The molecule has 0 aliphatic heterocycles. The molecule has 1 N–H and O–H groups in total. The van der Waals surface area contributed by atoms with E-state index in [1.54, 1.807) is 6.33 Å². The Bertz CT molecular complexity index is 520. The van der Waals surface area contributed by atoms with Crippen molar-refractivity contribution in [3.63, 3.8) is 0 Å². The maximum Gasteiger partial charge on any atom is 0.149 e. The van der Waals surface area contributed by atoms with Crippen LogP contribution in [0.5, 0.6) is 0 Å². The van der Waals surface area contributed by atoms with Crippen LogP contribution in [0.3, 0.4) is 0 Å². The predicted octanol–water partition coefficient (Wildman–Crippen LogP) is 3.27. The first-order valence-corrected chi connectivity index (χ1v) is 6.85. The first-order chi connectivity index (χ1) is 9.11. The van der Waals surface area contributed by atoms with Gasteiger partial charge in [-0.1, -0.05) is 30.7 Å². The largest absolute Gasteiger partial charge is 0.319 e. The molecule has 5 heteroatoms. The van der Waals surface area contributed by atoms with Crippen LogP contribution in [0.25, 0.3) is 0 Å². The molecule has 0 fully saturated rings. The second kappa shape index (κ2) is 6.17. The second-order valence-electron chi connectivity index (χ2n) is 4.70. The van der Waals surface area contributed by atoms with Gasteiger partial charge in [0.05, 0.1) is 6.04 Å². The molecule has 1 aromatic carbocycles. The van der Waals surface area contributed by atoms with Gasteiger partial charge in [-0.05, 0) is 31.0 Å². The van der Waals surface area contributed by atoms with Gasteiger partial charge in [0.2, 0.25) is 0 Å². The first kappa shape index (κ1) is 14.0. The summed E-state index contributed by atoms with van der Waals surface area (Å²) < 4.78 is 1.94. The summed E-state index contributed by atoms with van der Waals surface area (Å²) in [5, 5.41) is 12.4. The molecule has 1 aromatic heterocycles. The number of nitrogens with zero attached hydrogens (tertiary/aromatic N) is 3. The molecule has 2 aromatic rings. The SMILES string of the molecule is CCC(NC(C)c1nncn1C)c1ccc(Cl)cc1. The Balaban J connectivity index is 2.11. The Morgan fingerprint density at radius 1 is 1.32 bits per heavy atom.